The van der Waals surface area contributed by atoms with Crippen molar-refractivity contribution in [3.8, 4) is 0 Å². The van der Waals surface area contributed by atoms with Gasteiger partial charge in [-0.2, -0.15) is 0 Å². The summed E-state index contributed by atoms with van der Waals surface area (Å²) in [4.78, 5) is 1.31. The van der Waals surface area contributed by atoms with E-state index in [-0.39, 0.29) is 0 Å². The molecule has 1 atom stereocenters. The van der Waals surface area contributed by atoms with Gasteiger partial charge in [0.1, 0.15) is 0 Å². The van der Waals surface area contributed by atoms with Crippen molar-refractivity contribution < 1.29 is 8.42 Å². The zero-order valence-electron chi connectivity index (χ0n) is 6.29. The molecule has 5 heteroatoms. The first-order chi connectivity index (χ1) is 4.91. The molecule has 0 spiro atoms. The van der Waals surface area contributed by atoms with Crippen LogP contribution in [0.25, 0.3) is 0 Å². The third-order valence-corrected chi connectivity index (χ3v) is 4.04. The van der Waals surface area contributed by atoms with Gasteiger partial charge in [-0.25, -0.2) is 8.42 Å². The molecule has 1 heterocycles. The summed E-state index contributed by atoms with van der Waals surface area (Å²) in [6, 6.07) is 1.68. The van der Waals surface area contributed by atoms with E-state index in [1.165, 1.54) is 17.6 Å². The van der Waals surface area contributed by atoms with Gasteiger partial charge in [0.15, 0.2) is 9.84 Å². The SMILES string of the molecule is Cc1sc(P)cc1S(C)(=O)=O. The minimum Gasteiger partial charge on any atom is -0.224 e. The number of aryl methyl sites for hydroxylation is 1. The number of thiophene rings is 1. The summed E-state index contributed by atoms with van der Waals surface area (Å²) in [6.45, 7) is 1.81. The molecule has 0 amide bonds. The molecule has 0 saturated heterocycles. The van der Waals surface area contributed by atoms with Crippen LogP contribution in [-0.4, -0.2) is 14.7 Å². The van der Waals surface area contributed by atoms with E-state index in [1.807, 2.05) is 6.92 Å². The normalized spacial score (nSPS) is 11.9. The molecule has 62 valence electrons. The Morgan fingerprint density at radius 3 is 2.27 bits per heavy atom. The lowest BCUT2D eigenvalue weighted by atomic mass is 10.5. The number of hydrogen-bond donors (Lipinski definition) is 0. The van der Waals surface area contributed by atoms with Crippen molar-refractivity contribution in [1.29, 1.82) is 0 Å². The minimum atomic E-state index is -3.02. The van der Waals surface area contributed by atoms with Crippen LogP contribution in [0.15, 0.2) is 11.0 Å². The van der Waals surface area contributed by atoms with Crippen LogP contribution in [0, 0.1) is 6.92 Å². The standard InChI is InChI=1S/C6H9O2PS2/c1-4-5(11(2,7)8)3-6(9)10-4/h3H,9H2,1-2H3. The molecule has 11 heavy (non-hydrogen) atoms. The average Bonchev–Trinajstić information content (AvgIpc) is 2.08. The van der Waals surface area contributed by atoms with Gasteiger partial charge in [0.25, 0.3) is 0 Å². The molecule has 0 saturated carbocycles. The zero-order chi connectivity index (χ0) is 8.65. The van der Waals surface area contributed by atoms with Crippen molar-refractivity contribution >= 4 is 35.0 Å². The van der Waals surface area contributed by atoms with Gasteiger partial charge in [0.05, 0.1) is 4.90 Å². The highest BCUT2D eigenvalue weighted by molar-refractivity contribution is 7.91. The Kier molecular flexibility index (Phi) is 2.37. The van der Waals surface area contributed by atoms with Crippen molar-refractivity contribution in [3.63, 3.8) is 0 Å². The quantitative estimate of drug-likeness (QED) is 0.644. The molecular formula is C6H9O2PS2. The maximum Gasteiger partial charge on any atom is 0.176 e. The van der Waals surface area contributed by atoms with Crippen LogP contribution in [0.5, 0.6) is 0 Å². The number of hydrogen-bond acceptors (Lipinski definition) is 3. The van der Waals surface area contributed by atoms with E-state index in [1.54, 1.807) is 6.07 Å². The van der Waals surface area contributed by atoms with Crippen molar-refractivity contribution in [1.82, 2.24) is 0 Å². The lowest BCUT2D eigenvalue weighted by molar-refractivity contribution is 0.602. The molecule has 0 aliphatic heterocycles. The van der Waals surface area contributed by atoms with Gasteiger partial charge in [0.2, 0.25) is 0 Å². The van der Waals surface area contributed by atoms with Crippen LogP contribution in [0.2, 0.25) is 0 Å². The second-order valence-electron chi connectivity index (χ2n) is 2.34. The Morgan fingerprint density at radius 2 is 2.09 bits per heavy atom. The lowest BCUT2D eigenvalue weighted by Gasteiger charge is -1.92. The summed E-state index contributed by atoms with van der Waals surface area (Å²) in [5, 5.41) is 0. The van der Waals surface area contributed by atoms with Gasteiger partial charge in [0, 0.05) is 15.8 Å². The second-order valence-corrected chi connectivity index (χ2v) is 6.65. The fourth-order valence-electron chi connectivity index (χ4n) is 0.855. The molecular weight excluding hydrogens is 199 g/mol. The number of rotatable bonds is 1. The van der Waals surface area contributed by atoms with E-state index < -0.39 is 9.84 Å². The largest absolute Gasteiger partial charge is 0.224 e. The molecule has 1 aromatic rings. The van der Waals surface area contributed by atoms with Crippen LogP contribution in [0.4, 0.5) is 0 Å². The van der Waals surface area contributed by atoms with Crippen LogP contribution in [-0.2, 0) is 9.84 Å². The Morgan fingerprint density at radius 1 is 1.55 bits per heavy atom. The molecule has 1 unspecified atom stereocenters. The second kappa shape index (κ2) is 2.85. The maximum absolute atomic E-state index is 11.1. The molecule has 1 rings (SSSR count). The molecule has 0 aliphatic rings. The molecule has 0 fully saturated rings. The topological polar surface area (TPSA) is 34.1 Å². The van der Waals surface area contributed by atoms with E-state index >= 15 is 0 Å². The highest BCUT2D eigenvalue weighted by Crippen LogP contribution is 2.20. The van der Waals surface area contributed by atoms with Crippen molar-refractivity contribution in [2.75, 3.05) is 6.26 Å². The Balaban J connectivity index is 3.36. The third-order valence-electron chi connectivity index (χ3n) is 1.29. The molecule has 0 aromatic carbocycles. The average molecular weight is 208 g/mol. The van der Waals surface area contributed by atoms with E-state index in [0.717, 1.165) is 9.50 Å². The predicted octanol–water partition coefficient (Wildman–Crippen LogP) is 0.960. The maximum atomic E-state index is 11.1. The highest BCUT2D eigenvalue weighted by atomic mass is 32.2. The summed E-state index contributed by atoms with van der Waals surface area (Å²) in [5.74, 6) is 0. The third kappa shape index (κ3) is 2.01. The number of sulfone groups is 1. The monoisotopic (exact) mass is 208 g/mol. The van der Waals surface area contributed by atoms with Gasteiger partial charge in [-0.15, -0.1) is 11.3 Å². The summed E-state index contributed by atoms with van der Waals surface area (Å²) in [5.41, 5.74) is 0. The van der Waals surface area contributed by atoms with Crippen molar-refractivity contribution in [2.45, 2.75) is 11.8 Å². The van der Waals surface area contributed by atoms with E-state index in [9.17, 15) is 8.42 Å². The molecule has 2 nitrogen and oxygen atoms in total. The molecule has 0 bridgehead atoms. The lowest BCUT2D eigenvalue weighted by Crippen LogP contribution is -1.96. The summed E-state index contributed by atoms with van der Waals surface area (Å²) >= 11 is 1.48. The smallest absolute Gasteiger partial charge is 0.176 e. The molecule has 0 N–H and O–H groups in total. The summed E-state index contributed by atoms with van der Waals surface area (Å²) in [6.07, 6.45) is 1.23. The van der Waals surface area contributed by atoms with Crippen LogP contribution in [0.3, 0.4) is 0 Å². The first-order valence-electron chi connectivity index (χ1n) is 2.97. The van der Waals surface area contributed by atoms with E-state index in [2.05, 4.69) is 9.24 Å². The predicted molar refractivity (Wildman–Crippen MR) is 51.5 cm³/mol. The van der Waals surface area contributed by atoms with Crippen LogP contribution in [0.1, 0.15) is 4.88 Å². The van der Waals surface area contributed by atoms with Crippen LogP contribution >= 0.6 is 20.6 Å². The highest BCUT2D eigenvalue weighted by Gasteiger charge is 2.12. The van der Waals surface area contributed by atoms with Gasteiger partial charge in [-0.3, -0.25) is 0 Å². The molecule has 0 radical (unpaired) electrons. The summed E-state index contributed by atoms with van der Waals surface area (Å²) < 4.78 is 23.1. The molecule has 1 aromatic heterocycles. The first-order valence-corrected chi connectivity index (χ1v) is 6.26. The van der Waals surface area contributed by atoms with E-state index in [4.69, 9.17) is 0 Å². The van der Waals surface area contributed by atoms with Gasteiger partial charge in [-0.1, -0.05) is 9.24 Å². The van der Waals surface area contributed by atoms with Crippen molar-refractivity contribution in [3.05, 3.63) is 10.9 Å². The fourth-order valence-corrected chi connectivity index (χ4v) is 3.88. The Labute approximate surface area is 72.8 Å². The van der Waals surface area contributed by atoms with E-state index in [0.29, 0.717) is 4.90 Å². The Bertz CT molecular complexity index is 364. The Hall–Kier alpha value is 0.0800. The van der Waals surface area contributed by atoms with Gasteiger partial charge < -0.3 is 0 Å². The van der Waals surface area contributed by atoms with Crippen LogP contribution < -0.4 is 4.62 Å². The van der Waals surface area contributed by atoms with Gasteiger partial charge in [-0.05, 0) is 13.0 Å². The first kappa shape index (κ1) is 9.17. The van der Waals surface area contributed by atoms with Gasteiger partial charge >= 0.3 is 0 Å². The fraction of sp³-hybridized carbons (Fsp3) is 0.333. The zero-order valence-corrected chi connectivity index (χ0v) is 9.08. The molecule has 0 aliphatic carbocycles. The summed E-state index contributed by atoms with van der Waals surface area (Å²) in [7, 11) is -0.520. The minimum absolute atomic E-state index is 0.451. The van der Waals surface area contributed by atoms with Crippen molar-refractivity contribution in [2.24, 2.45) is 0 Å².